The topological polar surface area (TPSA) is 118 Å². The third kappa shape index (κ3) is 5.25. The monoisotopic (exact) mass is 554 g/mol. The zero-order valence-electron chi connectivity index (χ0n) is 21.2. The quantitative estimate of drug-likeness (QED) is 0.274. The summed E-state index contributed by atoms with van der Waals surface area (Å²) in [5, 5.41) is 22.9. The Kier molecular flexibility index (Phi) is 7.25. The summed E-state index contributed by atoms with van der Waals surface area (Å²) in [7, 11) is 0. The number of fused-ring (bicyclic) bond motifs is 1. The number of carbonyl (C=O) groups is 1. The summed E-state index contributed by atoms with van der Waals surface area (Å²) in [6.45, 7) is -0.144. The third-order valence-electron chi connectivity index (χ3n) is 7.08. The van der Waals surface area contributed by atoms with Crippen LogP contribution in [0.2, 0.25) is 0 Å². The predicted octanol–water partition coefficient (Wildman–Crippen LogP) is 3.60. The molecule has 1 fully saturated rings. The number of hydrogen-bond donors (Lipinski definition) is 1. The van der Waals surface area contributed by atoms with Crippen molar-refractivity contribution < 1.29 is 28.0 Å². The molecule has 1 saturated heterocycles. The lowest BCUT2D eigenvalue weighted by atomic mass is 9.91. The minimum atomic E-state index is -5.06. The molecule has 1 aliphatic rings. The number of piperazine rings is 1. The van der Waals surface area contributed by atoms with Crippen LogP contribution < -0.4 is 0 Å². The predicted molar refractivity (Wildman–Crippen MR) is 138 cm³/mol. The number of halogens is 3. The maximum atomic E-state index is 14.7. The average molecular weight is 555 g/mol. The molecule has 3 heterocycles. The second kappa shape index (κ2) is 10.7. The first-order valence-electron chi connectivity index (χ1n) is 12.5. The first-order chi connectivity index (χ1) is 19.1. The fourth-order valence-corrected chi connectivity index (χ4v) is 4.97. The second-order valence-corrected chi connectivity index (χ2v) is 9.63. The SMILES string of the molecule is O=C(c1cnccn1)N1CCN(CC(O)(c2cn(Cc3ccccc3)c3cc([N+](=O)[O-])ccc23)C(F)(F)F)CC1. The van der Waals surface area contributed by atoms with E-state index >= 15 is 0 Å². The Morgan fingerprint density at radius 3 is 2.40 bits per heavy atom. The van der Waals surface area contributed by atoms with Crippen LogP contribution in [-0.2, 0) is 12.1 Å². The lowest BCUT2D eigenvalue weighted by Crippen LogP contribution is -2.56. The van der Waals surface area contributed by atoms with E-state index in [-0.39, 0.29) is 66.5 Å². The molecule has 2 aromatic carbocycles. The molecule has 2 aromatic heterocycles. The van der Waals surface area contributed by atoms with E-state index in [1.165, 1.54) is 51.3 Å². The number of nitro groups is 1. The van der Waals surface area contributed by atoms with Crippen LogP contribution in [0.1, 0.15) is 21.6 Å². The molecule has 5 rings (SSSR count). The molecule has 0 aliphatic carbocycles. The Hall–Kier alpha value is -4.36. The van der Waals surface area contributed by atoms with Crippen LogP contribution >= 0.6 is 0 Å². The smallest absolute Gasteiger partial charge is 0.375 e. The maximum absolute atomic E-state index is 14.7. The van der Waals surface area contributed by atoms with Gasteiger partial charge in [-0.05, 0) is 11.6 Å². The van der Waals surface area contributed by atoms with E-state index < -0.39 is 23.2 Å². The number of carbonyl (C=O) groups excluding carboxylic acids is 1. The van der Waals surface area contributed by atoms with Gasteiger partial charge in [-0.1, -0.05) is 30.3 Å². The number of nitro benzene ring substituents is 1. The van der Waals surface area contributed by atoms with Crippen LogP contribution in [0.3, 0.4) is 0 Å². The van der Waals surface area contributed by atoms with E-state index in [0.717, 1.165) is 11.6 Å². The number of amides is 1. The van der Waals surface area contributed by atoms with Crippen LogP contribution in [0.4, 0.5) is 18.9 Å². The van der Waals surface area contributed by atoms with E-state index in [2.05, 4.69) is 9.97 Å². The first-order valence-corrected chi connectivity index (χ1v) is 12.5. The summed E-state index contributed by atoms with van der Waals surface area (Å²) in [6, 6.07) is 12.5. The zero-order valence-corrected chi connectivity index (χ0v) is 21.2. The Morgan fingerprint density at radius 1 is 1.05 bits per heavy atom. The first kappa shape index (κ1) is 27.2. The van der Waals surface area contributed by atoms with Gasteiger partial charge < -0.3 is 14.6 Å². The Balaban J connectivity index is 1.46. The lowest BCUT2D eigenvalue weighted by molar-refractivity contribution is -0.384. The summed E-state index contributed by atoms with van der Waals surface area (Å²) in [6.07, 6.45) is 0.306. The molecule has 1 unspecified atom stereocenters. The molecule has 13 heteroatoms. The molecule has 1 atom stereocenters. The largest absolute Gasteiger partial charge is 0.422 e. The van der Waals surface area contributed by atoms with Gasteiger partial charge in [-0.2, -0.15) is 13.2 Å². The highest BCUT2D eigenvalue weighted by atomic mass is 19.4. The van der Waals surface area contributed by atoms with E-state index in [9.17, 15) is 33.2 Å². The van der Waals surface area contributed by atoms with Crippen molar-refractivity contribution in [1.29, 1.82) is 0 Å². The van der Waals surface area contributed by atoms with Crippen LogP contribution in [0.15, 0.2) is 73.3 Å². The highest BCUT2D eigenvalue weighted by Gasteiger charge is 2.57. The zero-order chi connectivity index (χ0) is 28.5. The van der Waals surface area contributed by atoms with Crippen molar-refractivity contribution in [2.24, 2.45) is 0 Å². The second-order valence-electron chi connectivity index (χ2n) is 9.63. The number of nitrogens with zero attached hydrogens (tertiary/aromatic N) is 6. The lowest BCUT2D eigenvalue weighted by Gasteiger charge is -2.40. The molecule has 10 nitrogen and oxygen atoms in total. The van der Waals surface area contributed by atoms with Crippen molar-refractivity contribution >= 4 is 22.5 Å². The number of β-amino-alcohol motifs (C(OH)–C–C–N with tert-alkyl or cyclic N) is 1. The Bertz CT molecular complexity index is 1520. The van der Waals surface area contributed by atoms with Gasteiger partial charge in [0.2, 0.25) is 5.60 Å². The highest BCUT2D eigenvalue weighted by Crippen LogP contribution is 2.44. The molecule has 1 N–H and O–H groups in total. The molecule has 4 aromatic rings. The van der Waals surface area contributed by atoms with Crippen LogP contribution in [0, 0.1) is 10.1 Å². The number of non-ortho nitro benzene ring substituents is 1. The number of benzene rings is 2. The molecule has 1 aliphatic heterocycles. The van der Waals surface area contributed by atoms with Crippen molar-refractivity contribution in [3.63, 3.8) is 0 Å². The summed E-state index contributed by atoms with van der Waals surface area (Å²) < 4.78 is 45.5. The molecular weight excluding hydrogens is 529 g/mol. The van der Waals surface area contributed by atoms with Gasteiger partial charge in [0.25, 0.3) is 11.6 Å². The van der Waals surface area contributed by atoms with Gasteiger partial charge >= 0.3 is 6.18 Å². The van der Waals surface area contributed by atoms with Crippen LogP contribution in [0.5, 0.6) is 0 Å². The highest BCUT2D eigenvalue weighted by molar-refractivity contribution is 5.92. The maximum Gasteiger partial charge on any atom is 0.422 e. The van der Waals surface area contributed by atoms with Crippen molar-refractivity contribution in [2.75, 3.05) is 32.7 Å². The molecule has 1 amide bonds. The number of hydrogen-bond acceptors (Lipinski definition) is 7. The molecule has 0 bridgehead atoms. The third-order valence-corrected chi connectivity index (χ3v) is 7.08. The normalized spacial score (nSPS) is 16.1. The molecular formula is C27H25F3N6O4. The summed E-state index contributed by atoms with van der Waals surface area (Å²) in [5.74, 6) is -0.371. The van der Waals surface area contributed by atoms with E-state index in [0.29, 0.717) is 0 Å². The van der Waals surface area contributed by atoms with Crippen molar-refractivity contribution in [3.8, 4) is 0 Å². The number of aromatic nitrogens is 3. The number of aliphatic hydroxyl groups is 1. The summed E-state index contributed by atoms with van der Waals surface area (Å²) in [4.78, 5) is 34.3. The number of rotatable bonds is 7. The van der Waals surface area contributed by atoms with Crippen molar-refractivity contribution in [1.82, 2.24) is 24.3 Å². The summed E-state index contributed by atoms with van der Waals surface area (Å²) >= 11 is 0. The van der Waals surface area contributed by atoms with Gasteiger partial charge in [0.15, 0.2) is 0 Å². The Morgan fingerprint density at radius 2 is 1.77 bits per heavy atom. The van der Waals surface area contributed by atoms with Gasteiger partial charge in [0.1, 0.15) is 5.69 Å². The molecule has 0 saturated carbocycles. The molecule has 208 valence electrons. The number of alkyl halides is 3. The Labute approximate surface area is 226 Å². The summed E-state index contributed by atoms with van der Waals surface area (Å²) in [5.41, 5.74) is -2.82. The van der Waals surface area contributed by atoms with Gasteiger partial charge in [0.05, 0.1) is 16.6 Å². The van der Waals surface area contributed by atoms with Gasteiger partial charge in [-0.3, -0.25) is 24.8 Å². The fourth-order valence-electron chi connectivity index (χ4n) is 4.97. The van der Waals surface area contributed by atoms with E-state index in [1.54, 1.807) is 30.3 Å². The molecule has 40 heavy (non-hydrogen) atoms. The van der Waals surface area contributed by atoms with Gasteiger partial charge in [0, 0.05) is 80.9 Å². The average Bonchev–Trinajstić information content (AvgIpc) is 3.31. The molecule has 0 spiro atoms. The minimum absolute atomic E-state index is 0.0674. The van der Waals surface area contributed by atoms with Crippen molar-refractivity contribution in [2.45, 2.75) is 18.3 Å². The standard InChI is InChI=1S/C27H25F3N6O4/c28-27(29,30)26(38,18-33-10-12-34(13-11-33)25(37)23-15-31-8-9-32-23)22-17-35(16-19-4-2-1-3-5-19)24-14-20(36(39)40)6-7-21(22)24/h1-9,14-15,17,38H,10-13,16,18H2. The van der Waals surface area contributed by atoms with Crippen LogP contribution in [-0.4, -0.2) is 79.2 Å². The fraction of sp³-hybridized carbons (Fsp3) is 0.296. The van der Waals surface area contributed by atoms with E-state index in [1.807, 2.05) is 0 Å². The molecule has 0 radical (unpaired) electrons. The van der Waals surface area contributed by atoms with Gasteiger partial charge in [-0.15, -0.1) is 0 Å². The minimum Gasteiger partial charge on any atom is -0.375 e. The van der Waals surface area contributed by atoms with Crippen molar-refractivity contribution in [3.05, 3.63) is 100 Å². The van der Waals surface area contributed by atoms with Gasteiger partial charge in [-0.25, -0.2) is 4.98 Å². The van der Waals surface area contributed by atoms with Crippen LogP contribution in [0.25, 0.3) is 10.9 Å². The van der Waals surface area contributed by atoms with E-state index in [4.69, 9.17) is 0 Å².